The first-order valence-electron chi connectivity index (χ1n) is 8.91. The van der Waals surface area contributed by atoms with Gasteiger partial charge in [0.05, 0.1) is 36.7 Å². The van der Waals surface area contributed by atoms with Crippen LogP contribution in [0.1, 0.15) is 26.7 Å². The third-order valence-electron chi connectivity index (χ3n) is 4.66. The maximum Gasteiger partial charge on any atom is 0.310 e. The minimum absolute atomic E-state index is 0.108. The van der Waals surface area contributed by atoms with Gasteiger partial charge >= 0.3 is 5.97 Å². The van der Waals surface area contributed by atoms with Gasteiger partial charge in [-0.2, -0.15) is 0 Å². The van der Waals surface area contributed by atoms with Crippen LogP contribution in [0.2, 0.25) is 0 Å². The quantitative estimate of drug-likeness (QED) is 0.439. The molecule has 1 fully saturated rings. The molecule has 2 rings (SSSR count). The number of hydrogen-bond donors (Lipinski definition) is 1. The van der Waals surface area contributed by atoms with Crippen LogP contribution in [0.25, 0.3) is 0 Å². The SMILES string of the molecule is CCOC(=O)[C@H]1CCCN([C@@H](C)C(=O)Nc2ccc(OC)cc2[N+](=O)[O-])C1. The summed E-state index contributed by atoms with van der Waals surface area (Å²) in [5, 5.41) is 13.9. The topological polar surface area (TPSA) is 111 Å². The number of benzene rings is 1. The van der Waals surface area contributed by atoms with E-state index in [1.165, 1.54) is 19.2 Å². The van der Waals surface area contributed by atoms with Crippen LogP contribution in [0.3, 0.4) is 0 Å². The number of carbonyl (C=O) groups is 2. The van der Waals surface area contributed by atoms with E-state index in [1.54, 1.807) is 19.9 Å². The van der Waals surface area contributed by atoms with E-state index >= 15 is 0 Å². The van der Waals surface area contributed by atoms with Gasteiger partial charge in [0.1, 0.15) is 11.4 Å². The molecule has 1 aliphatic rings. The van der Waals surface area contributed by atoms with Crippen LogP contribution in [-0.4, -0.2) is 54.5 Å². The van der Waals surface area contributed by atoms with E-state index in [0.29, 0.717) is 25.4 Å². The summed E-state index contributed by atoms with van der Waals surface area (Å²) in [5.74, 6) is -0.543. The Morgan fingerprint density at radius 1 is 1.44 bits per heavy atom. The number of nitro groups is 1. The summed E-state index contributed by atoms with van der Waals surface area (Å²) in [6.45, 7) is 4.91. The largest absolute Gasteiger partial charge is 0.496 e. The van der Waals surface area contributed by atoms with E-state index < -0.39 is 11.0 Å². The lowest BCUT2D eigenvalue weighted by atomic mass is 9.97. The average Bonchev–Trinajstić information content (AvgIpc) is 2.67. The van der Waals surface area contributed by atoms with Crippen LogP contribution in [0.5, 0.6) is 5.75 Å². The minimum Gasteiger partial charge on any atom is -0.496 e. The van der Waals surface area contributed by atoms with Crippen molar-refractivity contribution in [3.63, 3.8) is 0 Å². The number of anilines is 1. The van der Waals surface area contributed by atoms with Gasteiger partial charge in [0.25, 0.3) is 5.69 Å². The highest BCUT2D eigenvalue weighted by Gasteiger charge is 2.32. The van der Waals surface area contributed by atoms with Crippen molar-refractivity contribution in [3.05, 3.63) is 28.3 Å². The molecule has 1 aliphatic heterocycles. The van der Waals surface area contributed by atoms with Gasteiger partial charge in [-0.3, -0.25) is 24.6 Å². The Morgan fingerprint density at radius 3 is 2.81 bits per heavy atom. The zero-order valence-corrected chi connectivity index (χ0v) is 15.8. The molecule has 1 heterocycles. The zero-order valence-electron chi connectivity index (χ0n) is 15.8. The maximum atomic E-state index is 12.6. The highest BCUT2D eigenvalue weighted by molar-refractivity contribution is 5.96. The molecule has 9 nitrogen and oxygen atoms in total. The van der Waals surface area contributed by atoms with E-state index in [1.807, 2.05) is 4.90 Å². The summed E-state index contributed by atoms with van der Waals surface area (Å²) in [6, 6.07) is 3.71. The molecular weight excluding hydrogens is 354 g/mol. The van der Waals surface area contributed by atoms with Crippen LogP contribution >= 0.6 is 0 Å². The third-order valence-corrected chi connectivity index (χ3v) is 4.66. The van der Waals surface area contributed by atoms with Crippen molar-refractivity contribution in [2.75, 3.05) is 32.1 Å². The molecule has 1 aromatic carbocycles. The number of methoxy groups -OCH3 is 1. The van der Waals surface area contributed by atoms with Crippen molar-refractivity contribution in [2.45, 2.75) is 32.7 Å². The summed E-state index contributed by atoms with van der Waals surface area (Å²) in [7, 11) is 1.41. The molecule has 0 radical (unpaired) electrons. The Labute approximate surface area is 157 Å². The Kier molecular flexibility index (Phi) is 7.12. The molecule has 0 bridgehead atoms. The zero-order chi connectivity index (χ0) is 20.0. The van der Waals surface area contributed by atoms with Crippen molar-refractivity contribution in [1.82, 2.24) is 4.90 Å². The van der Waals surface area contributed by atoms with Crippen LogP contribution in [0.15, 0.2) is 18.2 Å². The number of esters is 1. The molecular formula is C18H25N3O6. The number of ether oxygens (including phenoxy) is 2. The second-order valence-electron chi connectivity index (χ2n) is 6.39. The lowest BCUT2D eigenvalue weighted by Crippen LogP contribution is -2.48. The summed E-state index contributed by atoms with van der Waals surface area (Å²) in [5.41, 5.74) is -0.130. The van der Waals surface area contributed by atoms with Gasteiger partial charge in [-0.25, -0.2) is 0 Å². The van der Waals surface area contributed by atoms with Crippen molar-refractivity contribution >= 4 is 23.3 Å². The number of amides is 1. The summed E-state index contributed by atoms with van der Waals surface area (Å²) < 4.78 is 10.1. The van der Waals surface area contributed by atoms with E-state index in [2.05, 4.69) is 5.32 Å². The van der Waals surface area contributed by atoms with Gasteiger partial charge in [0, 0.05) is 6.54 Å². The van der Waals surface area contributed by atoms with Crippen LogP contribution in [-0.2, 0) is 14.3 Å². The maximum absolute atomic E-state index is 12.6. The average molecular weight is 379 g/mol. The smallest absolute Gasteiger partial charge is 0.310 e. The summed E-state index contributed by atoms with van der Waals surface area (Å²) in [6.07, 6.45) is 1.51. The molecule has 2 atom stereocenters. The standard InChI is InChI=1S/C18H25N3O6/c1-4-27-18(23)13-6-5-9-20(11-13)12(2)17(22)19-15-8-7-14(26-3)10-16(15)21(24)25/h7-8,10,12-13H,4-6,9,11H2,1-3H3,(H,19,22)/t12-,13-/m0/s1. The van der Waals surface area contributed by atoms with Gasteiger partial charge in [0.2, 0.25) is 5.91 Å². The van der Waals surface area contributed by atoms with Crippen molar-refractivity contribution < 1.29 is 24.0 Å². The predicted octanol–water partition coefficient (Wildman–Crippen LogP) is 2.21. The third kappa shape index (κ3) is 5.16. The number of carbonyl (C=O) groups excluding carboxylic acids is 2. The first kappa shape index (κ1) is 20.6. The number of nitro benzene ring substituents is 1. The van der Waals surface area contributed by atoms with E-state index in [9.17, 15) is 19.7 Å². The molecule has 1 saturated heterocycles. The molecule has 27 heavy (non-hydrogen) atoms. The molecule has 148 valence electrons. The Morgan fingerprint density at radius 2 is 2.19 bits per heavy atom. The fourth-order valence-corrected chi connectivity index (χ4v) is 3.11. The van der Waals surface area contributed by atoms with Crippen LogP contribution in [0, 0.1) is 16.0 Å². The van der Waals surface area contributed by atoms with E-state index in [0.717, 1.165) is 12.8 Å². The van der Waals surface area contributed by atoms with Crippen LogP contribution in [0.4, 0.5) is 11.4 Å². The second kappa shape index (κ2) is 9.31. The Hall–Kier alpha value is -2.68. The summed E-state index contributed by atoms with van der Waals surface area (Å²) >= 11 is 0. The number of hydrogen-bond acceptors (Lipinski definition) is 7. The van der Waals surface area contributed by atoms with Crippen molar-refractivity contribution in [1.29, 1.82) is 0 Å². The first-order chi connectivity index (χ1) is 12.9. The first-order valence-corrected chi connectivity index (χ1v) is 8.91. The minimum atomic E-state index is -0.569. The van der Waals surface area contributed by atoms with E-state index in [4.69, 9.17) is 9.47 Å². The molecule has 0 spiro atoms. The predicted molar refractivity (Wildman–Crippen MR) is 98.7 cm³/mol. The fourth-order valence-electron chi connectivity index (χ4n) is 3.11. The molecule has 0 aromatic heterocycles. The second-order valence-corrected chi connectivity index (χ2v) is 6.39. The molecule has 9 heteroatoms. The van der Waals surface area contributed by atoms with Crippen molar-refractivity contribution in [3.8, 4) is 5.75 Å². The highest BCUT2D eigenvalue weighted by atomic mass is 16.6. The number of rotatable bonds is 7. The van der Waals surface area contributed by atoms with Gasteiger partial charge in [-0.15, -0.1) is 0 Å². The normalized spacial score (nSPS) is 18.4. The molecule has 0 aliphatic carbocycles. The van der Waals surface area contributed by atoms with Gasteiger partial charge in [-0.05, 0) is 45.4 Å². The Balaban J connectivity index is 2.07. The lowest BCUT2D eigenvalue weighted by Gasteiger charge is -2.35. The molecule has 1 N–H and O–H groups in total. The lowest BCUT2D eigenvalue weighted by molar-refractivity contribution is -0.384. The van der Waals surface area contributed by atoms with Gasteiger partial charge in [0.15, 0.2) is 0 Å². The van der Waals surface area contributed by atoms with Crippen molar-refractivity contribution in [2.24, 2.45) is 5.92 Å². The monoisotopic (exact) mass is 379 g/mol. The number of nitrogens with zero attached hydrogens (tertiary/aromatic N) is 2. The van der Waals surface area contributed by atoms with Crippen LogP contribution < -0.4 is 10.1 Å². The number of nitrogens with one attached hydrogen (secondary N) is 1. The molecule has 1 aromatic rings. The fraction of sp³-hybridized carbons (Fsp3) is 0.556. The summed E-state index contributed by atoms with van der Waals surface area (Å²) in [4.78, 5) is 37.2. The Bertz CT molecular complexity index is 708. The number of likely N-dealkylation sites (tertiary alicyclic amines) is 1. The number of piperidine rings is 1. The van der Waals surface area contributed by atoms with E-state index in [-0.39, 0.29) is 29.2 Å². The van der Waals surface area contributed by atoms with Gasteiger partial charge < -0.3 is 14.8 Å². The highest BCUT2D eigenvalue weighted by Crippen LogP contribution is 2.29. The molecule has 0 saturated carbocycles. The van der Waals surface area contributed by atoms with Gasteiger partial charge in [-0.1, -0.05) is 0 Å². The molecule has 1 amide bonds. The molecule has 0 unspecified atom stereocenters.